The summed E-state index contributed by atoms with van der Waals surface area (Å²) in [4.78, 5) is 71.6. The summed E-state index contributed by atoms with van der Waals surface area (Å²) in [6.07, 6.45) is 1.68. The molecule has 2 unspecified atom stereocenters. The highest BCUT2D eigenvalue weighted by Crippen LogP contribution is 2.51. The molecule has 0 aliphatic heterocycles. The number of aromatic nitrogens is 1. The van der Waals surface area contributed by atoms with Crippen LogP contribution in [0, 0.1) is 23.7 Å². The van der Waals surface area contributed by atoms with Crippen LogP contribution in [0.3, 0.4) is 0 Å². The molecular weight excluding hydrogens is 502 g/mol. The molecule has 1 aromatic carbocycles. The first-order chi connectivity index (χ1) is 17.4. The van der Waals surface area contributed by atoms with Crippen molar-refractivity contribution >= 4 is 40.6 Å². The molecule has 0 saturated heterocycles. The van der Waals surface area contributed by atoms with Crippen molar-refractivity contribution in [1.29, 1.82) is 0 Å². The van der Waals surface area contributed by atoms with Gasteiger partial charge >= 0.3 is 0 Å². The summed E-state index contributed by atoms with van der Waals surface area (Å²) < 4.78 is 0. The quantitative estimate of drug-likeness (QED) is 0.383. The van der Waals surface area contributed by atoms with Crippen LogP contribution in [-0.2, 0) is 25.6 Å². The number of benzene rings is 1. The Morgan fingerprint density at radius 2 is 1.84 bits per heavy atom. The fourth-order valence-electron chi connectivity index (χ4n) is 6.41. The lowest BCUT2D eigenvalue weighted by Crippen LogP contribution is -2.74. The monoisotopic (exact) mass is 525 g/mol. The number of hydrogen-bond acceptors (Lipinski definition) is 9. The third-order valence-corrected chi connectivity index (χ3v) is 8.21. The molecule has 11 heteroatoms. The molecule has 10 nitrogen and oxygen atoms in total. The topological polar surface area (TPSA) is 168 Å². The average molecular weight is 526 g/mol. The zero-order valence-corrected chi connectivity index (χ0v) is 20.7. The van der Waals surface area contributed by atoms with E-state index in [1.807, 2.05) is 0 Å². The number of phenolic OH excluding ortho intramolecular Hbond substituents is 1. The number of hydrogen-bond donors (Lipinski definition) is 3. The van der Waals surface area contributed by atoms with Crippen LogP contribution in [-0.4, -0.2) is 74.9 Å². The summed E-state index contributed by atoms with van der Waals surface area (Å²) in [7, 11) is 3.08. The Bertz CT molecular complexity index is 1390. The van der Waals surface area contributed by atoms with Crippen molar-refractivity contribution in [3.63, 3.8) is 0 Å². The number of ketones is 4. The van der Waals surface area contributed by atoms with Crippen LogP contribution in [0.5, 0.6) is 5.75 Å². The Kier molecular flexibility index (Phi) is 5.82. The molecule has 2 fully saturated rings. The van der Waals surface area contributed by atoms with Crippen molar-refractivity contribution in [3.05, 3.63) is 46.7 Å². The summed E-state index contributed by atoms with van der Waals surface area (Å²) >= 11 is 5.91. The van der Waals surface area contributed by atoms with Crippen LogP contribution in [0.15, 0.2) is 30.5 Å². The maximum atomic E-state index is 13.8. The highest BCUT2D eigenvalue weighted by atomic mass is 35.5. The van der Waals surface area contributed by atoms with E-state index in [4.69, 9.17) is 17.3 Å². The van der Waals surface area contributed by atoms with Crippen molar-refractivity contribution in [3.8, 4) is 16.9 Å². The largest absolute Gasteiger partial charge is 0.507 e. The molecule has 2 saturated carbocycles. The van der Waals surface area contributed by atoms with Crippen molar-refractivity contribution in [2.75, 3.05) is 14.1 Å². The lowest BCUT2D eigenvalue weighted by atomic mass is 9.52. The number of carbonyl (C=O) groups is 5. The average Bonchev–Trinajstić information content (AvgIpc) is 2.82. The van der Waals surface area contributed by atoms with Gasteiger partial charge in [0, 0.05) is 17.7 Å². The van der Waals surface area contributed by atoms with Crippen LogP contribution < -0.4 is 5.73 Å². The van der Waals surface area contributed by atoms with Gasteiger partial charge in [-0.05, 0) is 62.2 Å². The van der Waals surface area contributed by atoms with Gasteiger partial charge < -0.3 is 15.9 Å². The number of fused-ring (bicyclic) bond motifs is 3. The smallest absolute Gasteiger partial charge is 0.235 e. The van der Waals surface area contributed by atoms with E-state index >= 15 is 0 Å². The minimum atomic E-state index is -2.75. The minimum absolute atomic E-state index is 0.0160. The first kappa shape index (κ1) is 25.2. The van der Waals surface area contributed by atoms with Crippen LogP contribution in [0.1, 0.15) is 22.3 Å². The first-order valence-corrected chi connectivity index (χ1v) is 12.1. The zero-order valence-electron chi connectivity index (χ0n) is 20.0. The third-order valence-electron chi connectivity index (χ3n) is 7.98. The number of nitrogens with zero attached hydrogens (tertiary/aromatic N) is 2. The molecule has 0 bridgehead atoms. The molecule has 1 amide bonds. The van der Waals surface area contributed by atoms with Crippen molar-refractivity contribution < 1.29 is 34.2 Å². The number of likely N-dealkylation sites (N-methyl/N-ethyl adjacent to an activating group) is 1. The summed E-state index contributed by atoms with van der Waals surface area (Å²) in [5.74, 6) is -10.8. The second kappa shape index (κ2) is 8.54. The van der Waals surface area contributed by atoms with E-state index in [-0.39, 0.29) is 29.3 Å². The van der Waals surface area contributed by atoms with Crippen LogP contribution in [0.2, 0.25) is 5.15 Å². The van der Waals surface area contributed by atoms with Crippen molar-refractivity contribution in [2.45, 2.75) is 24.5 Å². The van der Waals surface area contributed by atoms with Gasteiger partial charge in [-0.15, -0.1) is 0 Å². The summed E-state index contributed by atoms with van der Waals surface area (Å²) in [5, 5.41) is 22.5. The number of aliphatic hydroxyl groups is 1. The van der Waals surface area contributed by atoms with Crippen LogP contribution >= 0.6 is 11.6 Å². The molecule has 5 rings (SSSR count). The molecule has 2 aromatic rings. The highest BCUT2D eigenvalue weighted by Gasteiger charge is 2.69. The van der Waals surface area contributed by atoms with Gasteiger partial charge in [-0.1, -0.05) is 17.7 Å². The second-order valence-corrected chi connectivity index (χ2v) is 10.5. The SMILES string of the molecule is CN(C)[C@@H]1C(=O)C(C(N)=O)C(=O)[C@@]2(O)C(=O)C3C(=O)c4c(O)ccc(-c5ccc(Cl)nc5)c4C[C@H]3C[C@@H]12. The van der Waals surface area contributed by atoms with Gasteiger partial charge in [0.1, 0.15) is 10.9 Å². The van der Waals surface area contributed by atoms with Gasteiger partial charge in [0.25, 0.3) is 0 Å². The summed E-state index contributed by atoms with van der Waals surface area (Å²) in [6, 6.07) is 5.13. The number of rotatable bonds is 3. The zero-order chi connectivity index (χ0) is 27.0. The summed E-state index contributed by atoms with van der Waals surface area (Å²) in [6.45, 7) is 0. The minimum Gasteiger partial charge on any atom is -0.507 e. The van der Waals surface area contributed by atoms with Crippen LogP contribution in [0.4, 0.5) is 0 Å². The number of halogens is 1. The van der Waals surface area contributed by atoms with E-state index in [0.29, 0.717) is 16.7 Å². The molecule has 1 aromatic heterocycles. The lowest BCUT2D eigenvalue weighted by molar-refractivity contribution is -0.181. The van der Waals surface area contributed by atoms with Crippen molar-refractivity contribution in [2.24, 2.45) is 29.4 Å². The molecule has 0 radical (unpaired) electrons. The maximum absolute atomic E-state index is 13.8. The molecule has 0 spiro atoms. The van der Waals surface area contributed by atoms with E-state index in [9.17, 15) is 34.2 Å². The molecule has 3 aliphatic rings. The summed E-state index contributed by atoms with van der Waals surface area (Å²) in [5.41, 5.74) is 4.27. The predicted molar refractivity (Wildman–Crippen MR) is 130 cm³/mol. The molecule has 192 valence electrons. The van der Waals surface area contributed by atoms with Gasteiger partial charge in [-0.3, -0.25) is 28.9 Å². The van der Waals surface area contributed by atoms with Crippen molar-refractivity contribution in [1.82, 2.24) is 9.88 Å². The van der Waals surface area contributed by atoms with Gasteiger partial charge in [0.2, 0.25) is 5.91 Å². The third kappa shape index (κ3) is 3.47. The Balaban J connectivity index is 1.66. The number of nitrogens with two attached hydrogens (primary N) is 1. The van der Waals surface area contributed by atoms with Crippen LogP contribution in [0.25, 0.3) is 11.1 Å². The molecule has 1 heterocycles. The molecule has 4 N–H and O–H groups in total. The van der Waals surface area contributed by atoms with E-state index in [0.717, 1.165) is 0 Å². The predicted octanol–water partition coefficient (Wildman–Crippen LogP) is 0.582. The molecular formula is C26H24ClN3O7. The van der Waals surface area contributed by atoms with Gasteiger partial charge in [0.15, 0.2) is 34.7 Å². The fourth-order valence-corrected chi connectivity index (χ4v) is 6.52. The maximum Gasteiger partial charge on any atom is 0.235 e. The number of carbonyl (C=O) groups excluding carboxylic acids is 5. The first-order valence-electron chi connectivity index (χ1n) is 11.7. The van der Waals surface area contributed by atoms with Gasteiger partial charge in [0.05, 0.1) is 17.5 Å². The molecule has 37 heavy (non-hydrogen) atoms. The lowest BCUT2D eigenvalue weighted by Gasteiger charge is -2.52. The molecule has 6 atom stereocenters. The highest BCUT2D eigenvalue weighted by molar-refractivity contribution is 6.32. The number of Topliss-reactive ketones (excluding diaryl/α,β-unsaturated/α-hetero) is 4. The number of amides is 1. The Morgan fingerprint density at radius 3 is 2.43 bits per heavy atom. The number of pyridine rings is 1. The van der Waals surface area contributed by atoms with E-state index in [1.54, 1.807) is 32.3 Å². The van der Waals surface area contributed by atoms with E-state index < -0.39 is 64.4 Å². The van der Waals surface area contributed by atoms with Gasteiger partial charge in [-0.25, -0.2) is 4.98 Å². The number of primary amides is 1. The van der Waals surface area contributed by atoms with E-state index in [2.05, 4.69) is 4.98 Å². The Morgan fingerprint density at radius 1 is 1.14 bits per heavy atom. The standard InChI is InChI=1S/C26H24ClN3O7/c1-30(2)20-14-8-11-7-13-12(10-3-6-16(27)29-9-10)4-5-15(31)18(13)21(32)17(11)23(34)26(14,37)24(35)19(22(20)33)25(28)36/h3-6,9,11,14,17,19-20,31,37H,7-8H2,1-2H3,(H2,28,36)/t11-,14-,17?,19?,20-,26-/m0/s1. The normalized spacial score (nSPS) is 31.1. The Hall–Kier alpha value is -3.47. The fraction of sp³-hybridized carbons (Fsp3) is 0.385. The Labute approximate surface area is 216 Å². The van der Waals surface area contributed by atoms with E-state index in [1.165, 1.54) is 17.2 Å². The molecule has 3 aliphatic carbocycles. The van der Waals surface area contributed by atoms with Gasteiger partial charge in [-0.2, -0.15) is 0 Å². The number of aromatic hydroxyl groups is 1. The second-order valence-electron chi connectivity index (χ2n) is 10.1. The number of phenols is 1.